The van der Waals surface area contributed by atoms with Crippen LogP contribution in [-0.4, -0.2) is 35.3 Å². The molecule has 0 aliphatic rings. The molecular formula is C5H5N2O4S3-. The smallest absolute Gasteiger partial charge is 0.316 e. The largest absolute Gasteiger partial charge is 0.767 e. The van der Waals surface area contributed by atoms with Crippen molar-refractivity contribution in [2.24, 2.45) is 0 Å². The van der Waals surface area contributed by atoms with Crippen LogP contribution in [0.1, 0.15) is 6.92 Å². The number of aliphatic carboxylic acids is 1. The monoisotopic (exact) mass is 253 g/mol. The molecule has 1 rings (SSSR count). The lowest BCUT2D eigenvalue weighted by Gasteiger charge is -2.00. The minimum atomic E-state index is -2.40. The van der Waals surface area contributed by atoms with Crippen molar-refractivity contribution in [1.29, 1.82) is 0 Å². The van der Waals surface area contributed by atoms with Crippen molar-refractivity contribution in [3.05, 3.63) is 0 Å². The van der Waals surface area contributed by atoms with Crippen molar-refractivity contribution in [3.8, 4) is 0 Å². The lowest BCUT2D eigenvalue weighted by molar-refractivity contribution is -0.136. The second-order valence-electron chi connectivity index (χ2n) is 2.17. The van der Waals surface area contributed by atoms with Crippen LogP contribution in [0.2, 0.25) is 0 Å². The van der Waals surface area contributed by atoms with Gasteiger partial charge in [-0.3, -0.25) is 9.00 Å². The predicted octanol–water partition coefficient (Wildman–Crippen LogP) is 0.341. The Kier molecular flexibility index (Phi) is 3.98. The summed E-state index contributed by atoms with van der Waals surface area (Å²) in [6.45, 7) is 1.49. The molecular weight excluding hydrogens is 248 g/mol. The molecule has 9 heteroatoms. The van der Waals surface area contributed by atoms with Gasteiger partial charge < -0.3 is 9.66 Å². The fraction of sp³-hybridized carbons (Fsp3) is 0.400. The van der Waals surface area contributed by atoms with E-state index < -0.39 is 22.3 Å². The first-order valence-corrected chi connectivity index (χ1v) is 6.10. The van der Waals surface area contributed by atoms with Gasteiger partial charge >= 0.3 is 5.97 Å². The first-order chi connectivity index (χ1) is 6.50. The van der Waals surface area contributed by atoms with E-state index in [-0.39, 0.29) is 4.34 Å². The summed E-state index contributed by atoms with van der Waals surface area (Å²) >= 11 is -0.586. The van der Waals surface area contributed by atoms with Gasteiger partial charge in [0.25, 0.3) is 0 Å². The van der Waals surface area contributed by atoms with Gasteiger partial charge in [-0.15, -0.1) is 10.2 Å². The molecule has 0 aliphatic heterocycles. The highest BCUT2D eigenvalue weighted by atomic mass is 32.2. The fourth-order valence-corrected chi connectivity index (χ4v) is 2.95. The van der Waals surface area contributed by atoms with Crippen LogP contribution < -0.4 is 0 Å². The molecule has 0 saturated carbocycles. The Balaban J connectivity index is 2.69. The number of hydrogen-bond donors (Lipinski definition) is 1. The molecule has 1 heterocycles. The Morgan fingerprint density at radius 1 is 1.71 bits per heavy atom. The number of carboxylic acids is 1. The van der Waals surface area contributed by atoms with Crippen molar-refractivity contribution >= 4 is 40.1 Å². The maximum atomic E-state index is 10.5. The third-order valence-corrected chi connectivity index (χ3v) is 4.07. The summed E-state index contributed by atoms with van der Waals surface area (Å²) in [5.74, 6) is -0.977. The Bertz CT molecular complexity index is 366. The zero-order chi connectivity index (χ0) is 10.7. The van der Waals surface area contributed by atoms with Crippen LogP contribution in [0.5, 0.6) is 0 Å². The Morgan fingerprint density at radius 3 is 2.79 bits per heavy atom. The number of carboxylic acid groups (broad SMARTS) is 1. The summed E-state index contributed by atoms with van der Waals surface area (Å²) in [5, 5.41) is 14.8. The molecule has 0 aliphatic carbocycles. The van der Waals surface area contributed by atoms with Gasteiger partial charge in [-0.1, -0.05) is 23.1 Å². The molecule has 0 fully saturated rings. The second kappa shape index (κ2) is 4.82. The van der Waals surface area contributed by atoms with Gasteiger partial charge in [0.15, 0.2) is 8.68 Å². The van der Waals surface area contributed by atoms with Crippen LogP contribution in [0.15, 0.2) is 8.68 Å². The van der Waals surface area contributed by atoms with Crippen LogP contribution in [-0.2, 0) is 15.9 Å². The van der Waals surface area contributed by atoms with E-state index in [0.29, 0.717) is 4.34 Å². The average molecular weight is 253 g/mol. The molecule has 0 aromatic carbocycles. The van der Waals surface area contributed by atoms with Gasteiger partial charge in [-0.05, 0) is 6.92 Å². The maximum Gasteiger partial charge on any atom is 0.316 e. The Hall–Kier alpha value is -0.510. The number of nitrogens with zero attached hydrogens (tertiary/aromatic N) is 2. The van der Waals surface area contributed by atoms with Crippen LogP contribution >= 0.6 is 23.1 Å². The first kappa shape index (κ1) is 11.6. The number of hydrogen-bond acceptors (Lipinski definition) is 7. The van der Waals surface area contributed by atoms with Gasteiger partial charge in [-0.2, -0.15) is 0 Å². The molecule has 1 aromatic heterocycles. The SMILES string of the molecule is CC(Sc1nnc(S(=O)[O-])s1)C(=O)O. The normalized spacial score (nSPS) is 15.0. The van der Waals surface area contributed by atoms with Gasteiger partial charge in [-0.25, -0.2) is 0 Å². The molecule has 0 amide bonds. The third kappa shape index (κ3) is 3.01. The van der Waals surface area contributed by atoms with Crippen molar-refractivity contribution in [2.45, 2.75) is 20.9 Å². The summed E-state index contributed by atoms with van der Waals surface area (Å²) in [6, 6.07) is 0. The first-order valence-electron chi connectivity index (χ1n) is 3.33. The van der Waals surface area contributed by atoms with Crippen LogP contribution in [0.25, 0.3) is 0 Å². The Morgan fingerprint density at radius 2 is 2.36 bits per heavy atom. The summed E-state index contributed by atoms with van der Waals surface area (Å²) in [5.41, 5.74) is 0. The van der Waals surface area contributed by atoms with Gasteiger partial charge in [0.1, 0.15) is 5.25 Å². The number of carbonyl (C=O) groups is 1. The number of aromatic nitrogens is 2. The molecule has 0 bridgehead atoms. The Labute approximate surface area is 90.0 Å². The lowest BCUT2D eigenvalue weighted by atomic mass is 10.5. The standard InChI is InChI=1S/C5H6N2O4S3/c1-2(3(8)9)12-4-6-7-5(13-4)14(10)11/h2H,1H3,(H,8,9)(H,10,11)/p-1. The summed E-state index contributed by atoms with van der Waals surface area (Å²) in [6.07, 6.45) is 0. The molecule has 14 heavy (non-hydrogen) atoms. The summed E-state index contributed by atoms with van der Waals surface area (Å²) < 4.78 is 21.0. The zero-order valence-electron chi connectivity index (χ0n) is 6.87. The number of thioether (sulfide) groups is 1. The summed E-state index contributed by atoms with van der Waals surface area (Å²) in [4.78, 5) is 10.5. The van der Waals surface area contributed by atoms with E-state index in [1.807, 2.05) is 0 Å². The van der Waals surface area contributed by atoms with Gasteiger partial charge in [0.2, 0.25) is 0 Å². The van der Waals surface area contributed by atoms with E-state index in [9.17, 15) is 13.6 Å². The highest BCUT2D eigenvalue weighted by molar-refractivity contribution is 8.02. The molecule has 0 spiro atoms. The van der Waals surface area contributed by atoms with Crippen LogP contribution in [0.3, 0.4) is 0 Å². The van der Waals surface area contributed by atoms with E-state index in [2.05, 4.69) is 10.2 Å². The van der Waals surface area contributed by atoms with Crippen molar-refractivity contribution in [2.75, 3.05) is 0 Å². The van der Waals surface area contributed by atoms with Gasteiger partial charge in [0, 0.05) is 11.1 Å². The van der Waals surface area contributed by atoms with Gasteiger partial charge in [0.05, 0.1) is 0 Å². The van der Waals surface area contributed by atoms with E-state index >= 15 is 0 Å². The highest BCUT2D eigenvalue weighted by Gasteiger charge is 2.15. The maximum absolute atomic E-state index is 10.5. The van der Waals surface area contributed by atoms with Crippen molar-refractivity contribution in [1.82, 2.24) is 10.2 Å². The van der Waals surface area contributed by atoms with E-state index in [1.54, 1.807) is 0 Å². The number of rotatable bonds is 4. The van der Waals surface area contributed by atoms with Crippen LogP contribution in [0, 0.1) is 0 Å². The topological polar surface area (TPSA) is 103 Å². The van der Waals surface area contributed by atoms with E-state index in [4.69, 9.17) is 5.11 Å². The quantitative estimate of drug-likeness (QED) is 0.609. The van der Waals surface area contributed by atoms with E-state index in [0.717, 1.165) is 23.1 Å². The average Bonchev–Trinajstić information content (AvgIpc) is 2.52. The second-order valence-corrected chi connectivity index (χ2v) is 5.85. The van der Waals surface area contributed by atoms with Crippen molar-refractivity contribution in [3.63, 3.8) is 0 Å². The molecule has 0 saturated heterocycles. The molecule has 1 aromatic rings. The predicted molar refractivity (Wildman–Crippen MR) is 50.0 cm³/mol. The minimum absolute atomic E-state index is 0.134. The van der Waals surface area contributed by atoms with Crippen LogP contribution in [0.4, 0.5) is 0 Å². The zero-order valence-corrected chi connectivity index (χ0v) is 9.32. The van der Waals surface area contributed by atoms with E-state index in [1.165, 1.54) is 6.92 Å². The molecule has 6 nitrogen and oxygen atoms in total. The summed E-state index contributed by atoms with van der Waals surface area (Å²) in [7, 11) is 0. The molecule has 1 N–H and O–H groups in total. The fourth-order valence-electron chi connectivity index (χ4n) is 0.514. The minimum Gasteiger partial charge on any atom is -0.767 e. The molecule has 78 valence electrons. The van der Waals surface area contributed by atoms with Crippen molar-refractivity contribution < 1.29 is 18.7 Å². The third-order valence-electron chi connectivity index (χ3n) is 1.16. The molecule has 2 atom stereocenters. The molecule has 2 unspecified atom stereocenters. The lowest BCUT2D eigenvalue weighted by Crippen LogP contribution is -2.10. The molecule has 0 radical (unpaired) electrons. The highest BCUT2D eigenvalue weighted by Crippen LogP contribution is 2.27.